The summed E-state index contributed by atoms with van der Waals surface area (Å²) in [7, 11) is 0. The lowest BCUT2D eigenvalue weighted by Crippen LogP contribution is -2.42. The number of nitrogens with one attached hydrogen (secondary N) is 1. The van der Waals surface area contributed by atoms with E-state index in [2.05, 4.69) is 5.32 Å². The normalized spacial score (nSPS) is 18.4. The molecule has 0 aromatic heterocycles. The van der Waals surface area contributed by atoms with Crippen molar-refractivity contribution in [3.8, 4) is 0 Å². The molecular weight excluding hydrogens is 276 g/mol. The van der Waals surface area contributed by atoms with Gasteiger partial charge in [-0.05, 0) is 30.7 Å². The molecule has 0 bridgehead atoms. The number of nitrogens with zero attached hydrogens (tertiary/aromatic N) is 1. The maximum Gasteiger partial charge on any atom is 0.250 e. The van der Waals surface area contributed by atoms with Crippen molar-refractivity contribution < 1.29 is 13.6 Å². The zero-order chi connectivity index (χ0) is 15.3. The van der Waals surface area contributed by atoms with Crippen molar-refractivity contribution in [2.75, 3.05) is 31.5 Å². The number of anilines is 1. The Bertz CT molecular complexity index is 466. The summed E-state index contributed by atoms with van der Waals surface area (Å²) >= 11 is 0. The van der Waals surface area contributed by atoms with Crippen molar-refractivity contribution in [2.24, 2.45) is 5.73 Å². The van der Waals surface area contributed by atoms with E-state index in [4.69, 9.17) is 5.73 Å². The fourth-order valence-corrected chi connectivity index (χ4v) is 2.36. The third-order valence-electron chi connectivity index (χ3n) is 3.63. The molecule has 1 heterocycles. The summed E-state index contributed by atoms with van der Waals surface area (Å²) in [6, 6.07) is 7.49. The third-order valence-corrected chi connectivity index (χ3v) is 3.63. The van der Waals surface area contributed by atoms with Gasteiger partial charge in [-0.25, -0.2) is 8.78 Å². The van der Waals surface area contributed by atoms with Gasteiger partial charge in [0.1, 0.15) is 0 Å². The molecule has 1 amide bonds. The van der Waals surface area contributed by atoms with Gasteiger partial charge in [0.2, 0.25) is 5.91 Å². The number of carbonyl (C=O) groups excluding carboxylic acids is 1. The molecule has 1 saturated heterocycles. The predicted octanol–water partition coefficient (Wildman–Crippen LogP) is 1.86. The van der Waals surface area contributed by atoms with Crippen molar-refractivity contribution in [2.45, 2.75) is 25.2 Å². The Morgan fingerprint density at radius 2 is 1.86 bits per heavy atom. The zero-order valence-corrected chi connectivity index (χ0v) is 11.9. The molecule has 0 spiro atoms. The van der Waals surface area contributed by atoms with Crippen molar-refractivity contribution in [1.29, 1.82) is 0 Å². The van der Waals surface area contributed by atoms with Gasteiger partial charge in [0, 0.05) is 31.6 Å². The SMILES string of the molecule is NCCc1ccc(NC(=O)CN2CCC(F)(F)CC2)cc1. The first-order chi connectivity index (χ1) is 9.98. The average Bonchev–Trinajstić information content (AvgIpc) is 2.44. The van der Waals surface area contributed by atoms with E-state index in [0.29, 0.717) is 12.2 Å². The van der Waals surface area contributed by atoms with Crippen LogP contribution in [0.1, 0.15) is 18.4 Å². The summed E-state index contributed by atoms with van der Waals surface area (Å²) in [5, 5.41) is 2.78. The molecule has 1 fully saturated rings. The van der Waals surface area contributed by atoms with Crippen molar-refractivity contribution in [3.63, 3.8) is 0 Å². The minimum Gasteiger partial charge on any atom is -0.330 e. The third kappa shape index (κ3) is 5.06. The number of rotatable bonds is 5. The van der Waals surface area contributed by atoms with Gasteiger partial charge in [-0.15, -0.1) is 0 Å². The van der Waals surface area contributed by atoms with Crippen LogP contribution in [0.15, 0.2) is 24.3 Å². The van der Waals surface area contributed by atoms with Crippen molar-refractivity contribution >= 4 is 11.6 Å². The molecule has 0 aliphatic carbocycles. The van der Waals surface area contributed by atoms with Crippen LogP contribution in [0.5, 0.6) is 0 Å². The highest BCUT2D eigenvalue weighted by atomic mass is 19.3. The predicted molar refractivity (Wildman–Crippen MR) is 78.5 cm³/mol. The van der Waals surface area contributed by atoms with Crippen LogP contribution in [0.2, 0.25) is 0 Å². The molecule has 0 radical (unpaired) electrons. The van der Waals surface area contributed by atoms with E-state index in [1.54, 1.807) is 4.90 Å². The highest BCUT2D eigenvalue weighted by Crippen LogP contribution is 2.27. The second-order valence-electron chi connectivity index (χ2n) is 5.42. The molecule has 21 heavy (non-hydrogen) atoms. The van der Waals surface area contributed by atoms with Gasteiger partial charge in [0.15, 0.2) is 0 Å². The lowest BCUT2D eigenvalue weighted by atomic mass is 10.1. The Kier molecular flexibility index (Phi) is 5.25. The summed E-state index contributed by atoms with van der Waals surface area (Å²) in [5.74, 6) is -2.75. The number of hydrogen-bond donors (Lipinski definition) is 2. The van der Waals surface area contributed by atoms with Crippen LogP contribution in [-0.4, -0.2) is 42.9 Å². The van der Waals surface area contributed by atoms with Crippen LogP contribution in [0.4, 0.5) is 14.5 Å². The topological polar surface area (TPSA) is 58.4 Å². The second-order valence-corrected chi connectivity index (χ2v) is 5.42. The summed E-state index contributed by atoms with van der Waals surface area (Å²) in [5.41, 5.74) is 7.30. The van der Waals surface area contributed by atoms with Gasteiger partial charge >= 0.3 is 0 Å². The molecule has 1 aromatic carbocycles. The molecular formula is C15H21F2N3O. The highest BCUT2D eigenvalue weighted by Gasteiger charge is 2.34. The molecule has 1 aliphatic rings. The Morgan fingerprint density at radius 1 is 1.24 bits per heavy atom. The van der Waals surface area contributed by atoms with Crippen LogP contribution in [0, 0.1) is 0 Å². The van der Waals surface area contributed by atoms with Crippen LogP contribution in [0.25, 0.3) is 0 Å². The van der Waals surface area contributed by atoms with Crippen molar-refractivity contribution in [3.05, 3.63) is 29.8 Å². The molecule has 0 unspecified atom stereocenters. The van der Waals surface area contributed by atoms with Crippen LogP contribution >= 0.6 is 0 Å². The molecule has 4 nitrogen and oxygen atoms in total. The summed E-state index contributed by atoms with van der Waals surface area (Å²) < 4.78 is 26.1. The molecule has 116 valence electrons. The monoisotopic (exact) mass is 297 g/mol. The fraction of sp³-hybridized carbons (Fsp3) is 0.533. The lowest BCUT2D eigenvalue weighted by Gasteiger charge is -2.31. The molecule has 1 aromatic rings. The van der Waals surface area contributed by atoms with E-state index in [1.807, 2.05) is 24.3 Å². The van der Waals surface area contributed by atoms with Gasteiger partial charge in [-0.2, -0.15) is 0 Å². The largest absolute Gasteiger partial charge is 0.330 e. The number of benzene rings is 1. The number of amides is 1. The minimum atomic E-state index is -2.58. The first-order valence-electron chi connectivity index (χ1n) is 7.17. The molecule has 1 aliphatic heterocycles. The number of halogens is 2. The minimum absolute atomic E-state index is 0.153. The summed E-state index contributed by atoms with van der Waals surface area (Å²) in [4.78, 5) is 13.7. The van der Waals surface area contributed by atoms with Gasteiger partial charge in [0.05, 0.1) is 6.54 Å². The number of piperidine rings is 1. The van der Waals surface area contributed by atoms with Crippen LogP contribution in [-0.2, 0) is 11.2 Å². The summed E-state index contributed by atoms with van der Waals surface area (Å²) in [6.07, 6.45) is 0.457. The van der Waals surface area contributed by atoms with E-state index >= 15 is 0 Å². The van der Waals surface area contributed by atoms with Crippen LogP contribution < -0.4 is 11.1 Å². The molecule has 2 rings (SSSR count). The number of nitrogens with two attached hydrogens (primary N) is 1. The van der Waals surface area contributed by atoms with E-state index in [0.717, 1.165) is 12.0 Å². The van der Waals surface area contributed by atoms with Gasteiger partial charge < -0.3 is 11.1 Å². The summed E-state index contributed by atoms with van der Waals surface area (Å²) in [6.45, 7) is 1.26. The molecule has 0 saturated carbocycles. The molecule has 6 heteroatoms. The molecule has 3 N–H and O–H groups in total. The smallest absolute Gasteiger partial charge is 0.250 e. The Balaban J connectivity index is 1.79. The zero-order valence-electron chi connectivity index (χ0n) is 11.9. The Morgan fingerprint density at radius 3 is 2.43 bits per heavy atom. The maximum atomic E-state index is 13.0. The second kappa shape index (κ2) is 6.95. The van der Waals surface area contributed by atoms with Crippen LogP contribution in [0.3, 0.4) is 0 Å². The lowest BCUT2D eigenvalue weighted by molar-refractivity contribution is -0.119. The number of likely N-dealkylation sites (tertiary alicyclic amines) is 1. The first kappa shape index (κ1) is 15.9. The Hall–Kier alpha value is -1.53. The maximum absolute atomic E-state index is 13.0. The quantitative estimate of drug-likeness (QED) is 0.872. The molecule has 0 atom stereocenters. The Labute approximate surface area is 123 Å². The highest BCUT2D eigenvalue weighted by molar-refractivity contribution is 5.92. The van der Waals surface area contributed by atoms with E-state index in [9.17, 15) is 13.6 Å². The van der Waals surface area contributed by atoms with E-state index in [1.165, 1.54) is 0 Å². The van der Waals surface area contributed by atoms with Gasteiger partial charge in [-0.3, -0.25) is 9.69 Å². The van der Waals surface area contributed by atoms with Gasteiger partial charge in [-0.1, -0.05) is 12.1 Å². The van der Waals surface area contributed by atoms with E-state index in [-0.39, 0.29) is 38.4 Å². The van der Waals surface area contributed by atoms with Crippen molar-refractivity contribution in [1.82, 2.24) is 4.90 Å². The van der Waals surface area contributed by atoms with E-state index < -0.39 is 5.92 Å². The standard InChI is InChI=1S/C15H21F2N3O/c16-15(17)6-9-20(10-7-15)11-14(21)19-13-3-1-12(2-4-13)5-8-18/h1-4H,5-11,18H2,(H,19,21). The fourth-order valence-electron chi connectivity index (χ4n) is 2.36. The first-order valence-corrected chi connectivity index (χ1v) is 7.17. The van der Waals surface area contributed by atoms with Gasteiger partial charge in [0.25, 0.3) is 5.92 Å². The number of carbonyl (C=O) groups is 1. The number of alkyl halides is 2. The average molecular weight is 297 g/mol. The number of hydrogen-bond acceptors (Lipinski definition) is 3.